The molecule has 0 aromatic heterocycles. The maximum Gasteiger partial charge on any atom is 0.373 e. The van der Waals surface area contributed by atoms with Crippen molar-refractivity contribution in [2.45, 2.75) is 25.2 Å². The van der Waals surface area contributed by atoms with Gasteiger partial charge < -0.3 is 14.6 Å². The lowest BCUT2D eigenvalue weighted by molar-refractivity contribution is -0.181. The van der Waals surface area contributed by atoms with Crippen molar-refractivity contribution in [1.82, 2.24) is 0 Å². The van der Waals surface area contributed by atoms with Gasteiger partial charge in [0.2, 0.25) is 0 Å². The molecule has 21 heavy (non-hydrogen) atoms. The number of rotatable bonds is 1. The van der Waals surface area contributed by atoms with Crippen LogP contribution in [0.25, 0.3) is 0 Å². The Morgan fingerprint density at radius 2 is 2.33 bits per heavy atom. The van der Waals surface area contributed by atoms with Gasteiger partial charge in [0.25, 0.3) is 6.29 Å². The normalized spacial score (nSPS) is 30.6. The van der Waals surface area contributed by atoms with Gasteiger partial charge in [-0.2, -0.15) is 5.26 Å². The molecular weight excluding hydrogens is 270 g/mol. The van der Waals surface area contributed by atoms with Crippen LogP contribution in [0.1, 0.15) is 12.8 Å². The van der Waals surface area contributed by atoms with Crippen molar-refractivity contribution in [2.75, 3.05) is 0 Å². The fraction of sp³-hybridized carbons (Fsp3) is 0.250. The maximum atomic E-state index is 11.2. The van der Waals surface area contributed by atoms with Crippen LogP contribution in [0.3, 0.4) is 0 Å². The van der Waals surface area contributed by atoms with Crippen LogP contribution in [-0.4, -0.2) is 23.5 Å². The molecule has 0 radical (unpaired) electrons. The molecule has 2 unspecified atom stereocenters. The van der Waals surface area contributed by atoms with Crippen LogP contribution in [0.2, 0.25) is 0 Å². The van der Waals surface area contributed by atoms with E-state index in [1.807, 2.05) is 12.2 Å². The number of hydrogen-bond acceptors (Lipinski definition) is 4. The van der Waals surface area contributed by atoms with E-state index in [-0.39, 0.29) is 0 Å². The van der Waals surface area contributed by atoms with E-state index in [1.54, 1.807) is 18.2 Å². The average molecular weight is 283 g/mol. The van der Waals surface area contributed by atoms with E-state index in [0.29, 0.717) is 5.57 Å². The minimum atomic E-state index is -1.39. The molecule has 1 N–H and O–H groups in total. The monoisotopic (exact) mass is 283 g/mol. The molecule has 0 saturated heterocycles. The second kappa shape index (κ2) is 5.43. The van der Waals surface area contributed by atoms with Crippen LogP contribution in [0.5, 0.6) is 0 Å². The summed E-state index contributed by atoms with van der Waals surface area (Å²) < 4.78 is 10.7. The minimum absolute atomic E-state index is 0.504. The summed E-state index contributed by atoms with van der Waals surface area (Å²) in [6.45, 7) is 0. The lowest BCUT2D eigenvalue weighted by atomic mass is 9.84. The molecule has 2 atom stereocenters. The zero-order valence-corrected chi connectivity index (χ0v) is 11.2. The third kappa shape index (κ3) is 2.41. The van der Waals surface area contributed by atoms with Crippen LogP contribution in [0, 0.1) is 11.3 Å². The first-order valence-electron chi connectivity index (χ1n) is 6.63. The second-order valence-electron chi connectivity index (χ2n) is 4.85. The molecule has 0 amide bonds. The number of carbonyl (C=O) groups is 1. The second-order valence-corrected chi connectivity index (χ2v) is 4.85. The highest BCUT2D eigenvalue weighted by Gasteiger charge is 2.32. The number of aliphatic carboxylic acids is 1. The SMILES string of the molecule is N#CC1=CC=CC2OC(C(=O)O)OC=C3C=CCC/C3=C\12. The van der Waals surface area contributed by atoms with Crippen molar-refractivity contribution >= 4 is 5.97 Å². The number of nitrogens with zero attached hydrogens (tertiary/aromatic N) is 1. The molecular formula is C16H13NO4. The van der Waals surface area contributed by atoms with Gasteiger partial charge in [-0.05, 0) is 24.5 Å². The Hall–Kier alpha value is -2.58. The van der Waals surface area contributed by atoms with E-state index in [0.717, 1.165) is 29.6 Å². The largest absolute Gasteiger partial charge is 0.477 e. The van der Waals surface area contributed by atoms with E-state index < -0.39 is 18.4 Å². The third-order valence-corrected chi connectivity index (χ3v) is 3.57. The predicted molar refractivity (Wildman–Crippen MR) is 73.7 cm³/mol. The molecule has 0 aromatic rings. The molecule has 1 heterocycles. The van der Waals surface area contributed by atoms with Crippen LogP contribution >= 0.6 is 0 Å². The van der Waals surface area contributed by atoms with Gasteiger partial charge in [0, 0.05) is 11.1 Å². The van der Waals surface area contributed by atoms with Crippen molar-refractivity contribution in [3.63, 3.8) is 0 Å². The number of hydrogen-bond donors (Lipinski definition) is 1. The van der Waals surface area contributed by atoms with Crippen LogP contribution in [0.4, 0.5) is 0 Å². The summed E-state index contributed by atoms with van der Waals surface area (Å²) >= 11 is 0. The van der Waals surface area contributed by atoms with E-state index in [1.165, 1.54) is 6.26 Å². The molecule has 5 nitrogen and oxygen atoms in total. The zero-order chi connectivity index (χ0) is 14.8. The molecule has 5 heteroatoms. The zero-order valence-electron chi connectivity index (χ0n) is 11.2. The Balaban J connectivity index is 2.14. The molecule has 2 aliphatic carbocycles. The highest BCUT2D eigenvalue weighted by molar-refractivity contribution is 5.71. The highest BCUT2D eigenvalue weighted by Crippen LogP contribution is 2.36. The number of allylic oxidation sites excluding steroid dienone is 6. The standard InChI is InChI=1S/C16H13NO4/c17-8-10-5-3-7-13-14(10)12-6-2-1-4-11(12)9-20-16(21-13)15(18)19/h1,3-5,7,9,13,16H,2,6H2,(H,18,19)/b11-9?,14-12-. The number of fused-ring (bicyclic) bond motifs is 2. The van der Waals surface area contributed by atoms with Crippen LogP contribution in [0.15, 0.2) is 58.9 Å². The van der Waals surface area contributed by atoms with Crippen LogP contribution < -0.4 is 0 Å². The first-order valence-corrected chi connectivity index (χ1v) is 6.63. The molecule has 0 fully saturated rings. The summed E-state index contributed by atoms with van der Waals surface area (Å²) in [7, 11) is 0. The van der Waals surface area contributed by atoms with Crippen molar-refractivity contribution in [3.05, 3.63) is 58.9 Å². The molecule has 3 aliphatic rings. The highest BCUT2D eigenvalue weighted by atomic mass is 16.7. The van der Waals surface area contributed by atoms with Gasteiger partial charge in [0.1, 0.15) is 6.10 Å². The van der Waals surface area contributed by atoms with Gasteiger partial charge in [-0.25, -0.2) is 4.79 Å². The first-order chi connectivity index (χ1) is 10.2. The summed E-state index contributed by atoms with van der Waals surface area (Å²) in [6.07, 6.45) is 10.1. The predicted octanol–water partition coefficient (Wildman–Crippen LogP) is 2.36. The lowest BCUT2D eigenvalue weighted by Gasteiger charge is -2.30. The Morgan fingerprint density at radius 1 is 1.48 bits per heavy atom. The average Bonchev–Trinajstić information content (AvgIpc) is 2.48. The van der Waals surface area contributed by atoms with E-state index in [9.17, 15) is 10.1 Å². The molecule has 0 bridgehead atoms. The number of ether oxygens (including phenoxy) is 2. The Kier molecular flexibility index (Phi) is 3.46. The van der Waals surface area contributed by atoms with Gasteiger partial charge >= 0.3 is 5.97 Å². The lowest BCUT2D eigenvalue weighted by Crippen LogP contribution is -2.33. The fourth-order valence-electron chi connectivity index (χ4n) is 2.64. The minimum Gasteiger partial charge on any atom is -0.477 e. The summed E-state index contributed by atoms with van der Waals surface area (Å²) in [4.78, 5) is 11.2. The molecule has 0 spiro atoms. The molecule has 0 aromatic carbocycles. The summed E-state index contributed by atoms with van der Waals surface area (Å²) in [5, 5.41) is 18.5. The van der Waals surface area contributed by atoms with Crippen molar-refractivity contribution < 1.29 is 19.4 Å². The molecule has 1 aliphatic heterocycles. The van der Waals surface area contributed by atoms with Gasteiger partial charge in [-0.15, -0.1) is 0 Å². The number of carboxylic acid groups (broad SMARTS) is 1. The molecule has 0 saturated carbocycles. The Bertz CT molecular complexity index is 673. The maximum absolute atomic E-state index is 11.2. The third-order valence-electron chi connectivity index (χ3n) is 3.57. The smallest absolute Gasteiger partial charge is 0.373 e. The van der Waals surface area contributed by atoms with Gasteiger partial charge in [0.15, 0.2) is 0 Å². The Morgan fingerprint density at radius 3 is 3.10 bits per heavy atom. The quantitative estimate of drug-likeness (QED) is 0.799. The number of carboxylic acids is 1. The first kappa shape index (κ1) is 13.4. The summed E-state index contributed by atoms with van der Waals surface area (Å²) in [5.74, 6) is -1.20. The van der Waals surface area contributed by atoms with Crippen molar-refractivity contribution in [3.8, 4) is 6.07 Å². The Labute approximate surface area is 121 Å². The summed E-state index contributed by atoms with van der Waals surface area (Å²) in [6, 6.07) is 2.16. The molecule has 3 rings (SSSR count). The fourth-order valence-corrected chi connectivity index (χ4v) is 2.64. The van der Waals surface area contributed by atoms with Gasteiger partial charge in [-0.3, -0.25) is 0 Å². The van der Waals surface area contributed by atoms with E-state index >= 15 is 0 Å². The van der Waals surface area contributed by atoms with E-state index in [2.05, 4.69) is 6.07 Å². The number of nitriles is 1. The summed E-state index contributed by atoms with van der Waals surface area (Å²) in [5.41, 5.74) is 3.02. The van der Waals surface area contributed by atoms with Gasteiger partial charge in [-0.1, -0.05) is 24.3 Å². The van der Waals surface area contributed by atoms with Crippen LogP contribution in [-0.2, 0) is 14.3 Å². The topological polar surface area (TPSA) is 79.5 Å². The molecule has 106 valence electrons. The van der Waals surface area contributed by atoms with Crippen molar-refractivity contribution in [1.29, 1.82) is 5.26 Å². The van der Waals surface area contributed by atoms with Gasteiger partial charge in [0.05, 0.1) is 17.9 Å². The van der Waals surface area contributed by atoms with E-state index in [4.69, 9.17) is 14.6 Å². The van der Waals surface area contributed by atoms with Crippen molar-refractivity contribution in [2.24, 2.45) is 0 Å².